The maximum absolute atomic E-state index is 13.7. The number of thioether (sulfide) groups is 1. The van der Waals surface area contributed by atoms with Crippen LogP contribution in [0.2, 0.25) is 0 Å². The van der Waals surface area contributed by atoms with Gasteiger partial charge in [-0.2, -0.15) is 4.31 Å². The molecule has 2 aromatic carbocycles. The van der Waals surface area contributed by atoms with Gasteiger partial charge in [-0.3, -0.25) is 14.7 Å². The van der Waals surface area contributed by atoms with Crippen molar-refractivity contribution in [3.8, 4) is 0 Å². The molecule has 1 saturated heterocycles. The summed E-state index contributed by atoms with van der Waals surface area (Å²) in [6, 6.07) is 16.0. The van der Waals surface area contributed by atoms with Gasteiger partial charge in [0.05, 0.1) is 21.7 Å². The SMILES string of the molecule is CSc1cccc2sc(N(Cc3cccnc3)C(=O)c3ccc(S(=O)(=O)N4CCCC4)cc3)nc12. The fourth-order valence-corrected chi connectivity index (χ4v) is 7.23. The van der Waals surface area contributed by atoms with Crippen molar-refractivity contribution < 1.29 is 13.2 Å². The summed E-state index contributed by atoms with van der Waals surface area (Å²) in [5.74, 6) is -0.247. The van der Waals surface area contributed by atoms with Crippen LogP contribution in [0.3, 0.4) is 0 Å². The summed E-state index contributed by atoms with van der Waals surface area (Å²) in [5.41, 5.74) is 2.15. The van der Waals surface area contributed by atoms with Gasteiger partial charge in [-0.25, -0.2) is 13.4 Å². The molecule has 0 radical (unpaired) electrons. The zero-order valence-electron chi connectivity index (χ0n) is 19.1. The number of aromatic nitrogens is 2. The summed E-state index contributed by atoms with van der Waals surface area (Å²) in [6.07, 6.45) is 7.17. The van der Waals surface area contributed by atoms with Gasteiger partial charge < -0.3 is 0 Å². The zero-order valence-corrected chi connectivity index (χ0v) is 21.6. The molecule has 1 amide bonds. The Bertz CT molecular complexity index is 1450. The highest BCUT2D eigenvalue weighted by Gasteiger charge is 2.28. The summed E-state index contributed by atoms with van der Waals surface area (Å²) in [5, 5.41) is 0.587. The molecular formula is C25H24N4O3S3. The van der Waals surface area contributed by atoms with E-state index in [1.807, 2.05) is 36.6 Å². The van der Waals surface area contributed by atoms with E-state index in [1.54, 1.807) is 41.2 Å². The molecule has 2 aromatic heterocycles. The number of fused-ring (bicyclic) bond motifs is 1. The predicted molar refractivity (Wildman–Crippen MR) is 141 cm³/mol. The Balaban J connectivity index is 1.50. The molecule has 1 aliphatic rings. The number of para-hydroxylation sites is 1. The number of hydrogen-bond acceptors (Lipinski definition) is 7. The third kappa shape index (κ3) is 4.84. The first-order chi connectivity index (χ1) is 17.0. The highest BCUT2D eigenvalue weighted by atomic mass is 32.2. The molecule has 35 heavy (non-hydrogen) atoms. The van der Waals surface area contributed by atoms with E-state index >= 15 is 0 Å². The number of benzene rings is 2. The van der Waals surface area contributed by atoms with Crippen LogP contribution in [-0.4, -0.2) is 47.9 Å². The lowest BCUT2D eigenvalue weighted by Crippen LogP contribution is -2.31. The molecule has 0 unspecified atom stereocenters. The van der Waals surface area contributed by atoms with Crippen LogP contribution in [-0.2, 0) is 16.6 Å². The molecule has 0 bridgehead atoms. The minimum Gasteiger partial charge on any atom is -0.279 e. The van der Waals surface area contributed by atoms with Crippen molar-refractivity contribution >= 4 is 54.4 Å². The van der Waals surface area contributed by atoms with E-state index in [0.29, 0.717) is 30.3 Å². The molecule has 10 heteroatoms. The number of nitrogens with zero attached hydrogens (tertiary/aromatic N) is 4. The van der Waals surface area contributed by atoms with E-state index in [2.05, 4.69) is 4.98 Å². The molecule has 3 heterocycles. The molecule has 0 spiro atoms. The summed E-state index contributed by atoms with van der Waals surface area (Å²) in [4.78, 5) is 25.6. The first kappa shape index (κ1) is 23.9. The molecule has 4 aromatic rings. The second-order valence-corrected chi connectivity index (χ2v) is 12.0. The van der Waals surface area contributed by atoms with E-state index in [9.17, 15) is 13.2 Å². The predicted octanol–water partition coefficient (Wildman–Crippen LogP) is 5.04. The van der Waals surface area contributed by atoms with Gasteiger partial charge in [0.1, 0.15) is 0 Å². The van der Waals surface area contributed by atoms with E-state index in [1.165, 1.54) is 27.8 Å². The summed E-state index contributed by atoms with van der Waals surface area (Å²) in [6.45, 7) is 1.38. The van der Waals surface area contributed by atoms with Gasteiger partial charge in [-0.1, -0.05) is 23.5 Å². The van der Waals surface area contributed by atoms with Gasteiger partial charge in [-0.15, -0.1) is 11.8 Å². The quantitative estimate of drug-likeness (QED) is 0.315. The van der Waals surface area contributed by atoms with Crippen LogP contribution in [0.4, 0.5) is 5.13 Å². The third-order valence-electron chi connectivity index (χ3n) is 5.93. The number of hydrogen-bond donors (Lipinski definition) is 0. The van der Waals surface area contributed by atoms with Crippen LogP contribution < -0.4 is 4.90 Å². The Hall–Kier alpha value is -2.79. The highest BCUT2D eigenvalue weighted by molar-refractivity contribution is 7.98. The number of amides is 1. The Kier molecular flexibility index (Phi) is 6.88. The molecule has 1 fully saturated rings. The van der Waals surface area contributed by atoms with Crippen molar-refractivity contribution in [3.63, 3.8) is 0 Å². The van der Waals surface area contributed by atoms with E-state index in [0.717, 1.165) is 33.5 Å². The number of sulfonamides is 1. The maximum Gasteiger partial charge on any atom is 0.260 e. The van der Waals surface area contributed by atoms with Crippen LogP contribution >= 0.6 is 23.1 Å². The highest BCUT2D eigenvalue weighted by Crippen LogP contribution is 2.35. The monoisotopic (exact) mass is 524 g/mol. The zero-order chi connectivity index (χ0) is 24.4. The molecular weight excluding hydrogens is 501 g/mol. The average Bonchev–Trinajstić information content (AvgIpc) is 3.58. The molecule has 0 N–H and O–H groups in total. The maximum atomic E-state index is 13.7. The minimum atomic E-state index is -3.54. The number of pyridine rings is 1. The van der Waals surface area contributed by atoms with Crippen LogP contribution in [0.5, 0.6) is 0 Å². The van der Waals surface area contributed by atoms with Crippen molar-refractivity contribution in [2.24, 2.45) is 0 Å². The topological polar surface area (TPSA) is 83.5 Å². The second-order valence-electron chi connectivity index (χ2n) is 8.19. The molecule has 5 rings (SSSR count). The van der Waals surface area contributed by atoms with Crippen molar-refractivity contribution in [1.29, 1.82) is 0 Å². The molecule has 0 atom stereocenters. The minimum absolute atomic E-state index is 0.208. The third-order valence-corrected chi connectivity index (χ3v) is 9.66. The Morgan fingerprint density at radius 3 is 2.54 bits per heavy atom. The first-order valence-corrected chi connectivity index (χ1v) is 14.7. The molecule has 180 valence electrons. The smallest absolute Gasteiger partial charge is 0.260 e. The summed E-state index contributed by atoms with van der Waals surface area (Å²) in [7, 11) is -3.54. The molecule has 0 aliphatic carbocycles. The number of thiazole rings is 1. The lowest BCUT2D eigenvalue weighted by Gasteiger charge is -2.20. The Morgan fingerprint density at radius 2 is 1.86 bits per heavy atom. The fraction of sp³-hybridized carbons (Fsp3) is 0.240. The number of carbonyl (C=O) groups excluding carboxylic acids is 1. The molecule has 7 nitrogen and oxygen atoms in total. The second kappa shape index (κ2) is 10.1. The van der Waals surface area contributed by atoms with Crippen LogP contribution in [0.15, 0.2) is 76.8 Å². The number of rotatable bonds is 7. The van der Waals surface area contributed by atoms with E-state index in [-0.39, 0.29) is 10.8 Å². The largest absolute Gasteiger partial charge is 0.279 e. The van der Waals surface area contributed by atoms with Gasteiger partial charge in [0.25, 0.3) is 5.91 Å². The van der Waals surface area contributed by atoms with Crippen molar-refractivity contribution in [2.75, 3.05) is 24.2 Å². The number of carbonyl (C=O) groups is 1. The van der Waals surface area contributed by atoms with E-state index < -0.39 is 10.0 Å². The van der Waals surface area contributed by atoms with Crippen LogP contribution in [0.25, 0.3) is 10.2 Å². The van der Waals surface area contributed by atoms with Crippen molar-refractivity contribution in [3.05, 3.63) is 78.1 Å². The van der Waals surface area contributed by atoms with Crippen molar-refractivity contribution in [2.45, 2.75) is 29.2 Å². The van der Waals surface area contributed by atoms with Crippen molar-refractivity contribution in [1.82, 2.24) is 14.3 Å². The summed E-state index contributed by atoms with van der Waals surface area (Å²) >= 11 is 3.08. The first-order valence-electron chi connectivity index (χ1n) is 11.2. The van der Waals surface area contributed by atoms with Gasteiger partial charge in [0.15, 0.2) is 5.13 Å². The molecule has 1 aliphatic heterocycles. The fourth-order valence-electron chi connectivity index (χ4n) is 4.10. The number of anilines is 1. The normalized spacial score (nSPS) is 14.4. The van der Waals surface area contributed by atoms with Crippen LogP contribution in [0, 0.1) is 0 Å². The molecule has 0 saturated carbocycles. The van der Waals surface area contributed by atoms with Gasteiger partial charge in [0.2, 0.25) is 10.0 Å². The lowest BCUT2D eigenvalue weighted by atomic mass is 10.2. The van der Waals surface area contributed by atoms with Gasteiger partial charge in [-0.05, 0) is 67.1 Å². The van der Waals surface area contributed by atoms with Gasteiger partial charge >= 0.3 is 0 Å². The lowest BCUT2D eigenvalue weighted by molar-refractivity contribution is 0.0985. The van der Waals surface area contributed by atoms with Crippen LogP contribution in [0.1, 0.15) is 28.8 Å². The Morgan fingerprint density at radius 1 is 1.09 bits per heavy atom. The summed E-state index contributed by atoms with van der Waals surface area (Å²) < 4.78 is 28.3. The average molecular weight is 525 g/mol. The standard InChI is InChI=1S/C25H24N4O3S3/c1-33-21-7-4-8-22-23(21)27-25(34-22)29(17-18-6-5-13-26-16-18)24(30)19-9-11-20(12-10-19)35(31,32)28-14-2-3-15-28/h4-13,16H,2-3,14-15,17H2,1H3. The van der Waals surface area contributed by atoms with E-state index in [4.69, 9.17) is 4.98 Å². The Labute approximate surface area is 212 Å². The van der Waals surface area contributed by atoms with Gasteiger partial charge in [0, 0.05) is 35.9 Å².